The number of methoxy groups -OCH3 is 1. The molecule has 0 aliphatic carbocycles. The Morgan fingerprint density at radius 3 is 2.13 bits per heavy atom. The highest BCUT2D eigenvalue weighted by Gasteiger charge is 2.21. The quantitative estimate of drug-likeness (QED) is 0.353. The Hall–Kier alpha value is -3.67. The number of ether oxygens (including phenoxy) is 1. The molecular formula is C32H38N4O2. The monoisotopic (exact) mass is 510 g/mol. The molecule has 2 N–H and O–H groups in total. The van der Waals surface area contributed by atoms with Gasteiger partial charge in [0.1, 0.15) is 0 Å². The van der Waals surface area contributed by atoms with E-state index in [1.54, 1.807) is 0 Å². The van der Waals surface area contributed by atoms with Crippen LogP contribution in [0.2, 0.25) is 0 Å². The zero-order valence-electron chi connectivity index (χ0n) is 23.6. The molecule has 2 aliphatic heterocycles. The van der Waals surface area contributed by atoms with Crippen molar-refractivity contribution in [1.82, 2.24) is 19.9 Å². The molecule has 0 unspecified atom stereocenters. The number of fused-ring (bicyclic) bond motifs is 8. The Bertz CT molecular complexity index is 1620. The van der Waals surface area contributed by atoms with Gasteiger partial charge in [-0.25, -0.2) is 4.98 Å². The first kappa shape index (κ1) is 26.0. The van der Waals surface area contributed by atoms with E-state index < -0.39 is 0 Å². The topological polar surface area (TPSA) is 83.7 Å². The summed E-state index contributed by atoms with van der Waals surface area (Å²) in [4.78, 5) is 29.5. The van der Waals surface area contributed by atoms with Crippen LogP contribution in [0.1, 0.15) is 91.5 Å². The number of allylic oxidation sites excluding steroid dienone is 2. The van der Waals surface area contributed by atoms with Gasteiger partial charge in [0.05, 0.1) is 18.5 Å². The minimum absolute atomic E-state index is 0.211. The van der Waals surface area contributed by atoms with Crippen molar-refractivity contribution < 1.29 is 9.53 Å². The number of nitrogens with one attached hydrogen (secondary N) is 2. The van der Waals surface area contributed by atoms with E-state index in [1.807, 2.05) is 0 Å². The normalized spacial score (nSPS) is 15.3. The van der Waals surface area contributed by atoms with Gasteiger partial charge in [0.2, 0.25) is 0 Å². The molecular weight excluding hydrogens is 472 g/mol. The molecule has 1 atom stereocenters. The molecule has 3 aromatic heterocycles. The minimum Gasteiger partial charge on any atom is -0.469 e. The van der Waals surface area contributed by atoms with Gasteiger partial charge in [-0.2, -0.15) is 0 Å². The Morgan fingerprint density at radius 1 is 0.895 bits per heavy atom. The summed E-state index contributed by atoms with van der Waals surface area (Å²) in [5.74, 6) is 0.107. The molecule has 3 aromatic rings. The molecule has 38 heavy (non-hydrogen) atoms. The molecule has 6 heteroatoms. The van der Waals surface area contributed by atoms with Crippen LogP contribution in [-0.2, 0) is 28.8 Å². The molecule has 0 amide bonds. The lowest BCUT2D eigenvalue weighted by atomic mass is 10.00. The zero-order valence-corrected chi connectivity index (χ0v) is 23.6. The van der Waals surface area contributed by atoms with E-state index in [9.17, 15) is 4.79 Å². The van der Waals surface area contributed by atoms with Crippen molar-refractivity contribution in [1.29, 1.82) is 0 Å². The molecule has 2 aliphatic rings. The lowest BCUT2D eigenvalue weighted by molar-refractivity contribution is -0.140. The Balaban J connectivity index is 1.86. The predicted molar refractivity (Wildman–Crippen MR) is 155 cm³/mol. The van der Waals surface area contributed by atoms with Gasteiger partial charge in [-0.05, 0) is 104 Å². The third-order valence-electron chi connectivity index (χ3n) is 8.26. The van der Waals surface area contributed by atoms with Crippen LogP contribution in [0.25, 0.3) is 33.2 Å². The smallest absolute Gasteiger partial charge is 0.305 e. The number of carbonyl (C=O) groups excluding carboxylic acids is 1. The molecule has 0 aromatic carbocycles. The number of aromatic nitrogens is 4. The maximum absolute atomic E-state index is 12.0. The van der Waals surface area contributed by atoms with E-state index in [0.29, 0.717) is 18.8 Å². The highest BCUT2D eigenvalue weighted by molar-refractivity contribution is 5.93. The number of carbonyl (C=O) groups is 1. The summed E-state index contributed by atoms with van der Waals surface area (Å²) < 4.78 is 4.92. The van der Waals surface area contributed by atoms with E-state index in [1.165, 1.54) is 29.4 Å². The second-order valence-electron chi connectivity index (χ2n) is 10.6. The molecule has 0 saturated carbocycles. The summed E-state index contributed by atoms with van der Waals surface area (Å²) in [6.07, 6.45) is 3.68. The maximum atomic E-state index is 12.0. The summed E-state index contributed by atoms with van der Waals surface area (Å²) in [5.41, 5.74) is 15.8. The average Bonchev–Trinajstić information content (AvgIpc) is 3.57. The molecule has 5 rings (SSSR count). The molecule has 8 bridgehead atoms. The van der Waals surface area contributed by atoms with Crippen LogP contribution in [-0.4, -0.2) is 33.0 Å². The van der Waals surface area contributed by atoms with E-state index >= 15 is 0 Å². The number of hydrogen-bond donors (Lipinski definition) is 2. The number of H-pyrrole nitrogens is 2. The number of esters is 1. The summed E-state index contributed by atoms with van der Waals surface area (Å²) in [7, 11) is 1.44. The maximum Gasteiger partial charge on any atom is 0.305 e. The third-order valence-corrected chi connectivity index (χ3v) is 8.26. The average molecular weight is 511 g/mol. The van der Waals surface area contributed by atoms with Crippen LogP contribution < -0.4 is 0 Å². The Labute approximate surface area is 224 Å². The second-order valence-corrected chi connectivity index (χ2v) is 10.6. The zero-order chi connectivity index (χ0) is 27.1. The summed E-state index contributed by atoms with van der Waals surface area (Å²) >= 11 is 0. The Kier molecular flexibility index (Phi) is 6.99. The molecule has 0 fully saturated rings. The number of nitrogens with zero attached hydrogens (tertiary/aromatic N) is 2. The fraction of sp³-hybridized carbons (Fsp3) is 0.406. The first-order valence-electron chi connectivity index (χ1n) is 13.7. The molecule has 0 saturated heterocycles. The number of rotatable bonds is 5. The van der Waals surface area contributed by atoms with Gasteiger partial charge in [-0.3, -0.25) is 9.78 Å². The summed E-state index contributed by atoms with van der Waals surface area (Å²) in [6, 6.07) is 8.75. The van der Waals surface area contributed by atoms with Crippen molar-refractivity contribution in [2.75, 3.05) is 7.11 Å². The first-order chi connectivity index (χ1) is 18.2. The van der Waals surface area contributed by atoms with E-state index in [-0.39, 0.29) is 5.97 Å². The SMILES string of the molecule is CCc1c(C)c2cc3nc(cc4nc(cc5[nH]c(cc1[nH]2)c(CC)c5C)[C@H](C)C4)C(CCC(=O)OC)=C3C. The van der Waals surface area contributed by atoms with Crippen LogP contribution in [0, 0.1) is 13.8 Å². The van der Waals surface area contributed by atoms with Crippen molar-refractivity contribution in [3.8, 4) is 0 Å². The fourth-order valence-electron chi connectivity index (χ4n) is 5.93. The molecule has 198 valence electrons. The van der Waals surface area contributed by atoms with Gasteiger partial charge in [0.25, 0.3) is 0 Å². The van der Waals surface area contributed by atoms with Crippen LogP contribution in [0.5, 0.6) is 0 Å². The largest absolute Gasteiger partial charge is 0.469 e. The lowest BCUT2D eigenvalue weighted by Gasteiger charge is -2.04. The lowest BCUT2D eigenvalue weighted by Crippen LogP contribution is -2.00. The standard InChI is InChI=1S/C32H38N4O2/c1-8-22-18(4)26-14-25-17(3)12-21(33-25)13-29-24(10-11-32(37)38-7)20(6)28(34-29)15-27-19(5)23(9-2)31(36-27)16-30(22)35-26/h13-17,35-36H,8-12H2,1-7H3/t17-/m1/s1. The minimum atomic E-state index is -0.211. The van der Waals surface area contributed by atoms with Crippen LogP contribution in [0.15, 0.2) is 24.3 Å². The van der Waals surface area contributed by atoms with Crippen molar-refractivity contribution >= 4 is 39.2 Å². The number of hydrogen-bond acceptors (Lipinski definition) is 4. The van der Waals surface area contributed by atoms with Crippen molar-refractivity contribution in [2.24, 2.45) is 0 Å². The van der Waals surface area contributed by atoms with Gasteiger partial charge in [0, 0.05) is 45.8 Å². The van der Waals surface area contributed by atoms with E-state index in [4.69, 9.17) is 14.7 Å². The molecule has 0 radical (unpaired) electrons. The third kappa shape index (κ3) is 4.57. The molecule has 6 nitrogen and oxygen atoms in total. The van der Waals surface area contributed by atoms with Crippen molar-refractivity contribution in [2.45, 2.75) is 79.6 Å². The van der Waals surface area contributed by atoms with Gasteiger partial charge < -0.3 is 14.7 Å². The Morgan fingerprint density at radius 2 is 1.53 bits per heavy atom. The highest BCUT2D eigenvalue weighted by Crippen LogP contribution is 2.35. The van der Waals surface area contributed by atoms with Gasteiger partial charge in [-0.15, -0.1) is 0 Å². The van der Waals surface area contributed by atoms with Crippen LogP contribution >= 0.6 is 0 Å². The summed E-state index contributed by atoms with van der Waals surface area (Å²) in [6.45, 7) is 13.1. The second kappa shape index (κ2) is 10.2. The fourth-order valence-corrected chi connectivity index (χ4v) is 5.93. The number of aryl methyl sites for hydroxylation is 4. The predicted octanol–water partition coefficient (Wildman–Crippen LogP) is 7.29. The van der Waals surface area contributed by atoms with E-state index in [0.717, 1.165) is 75.3 Å². The molecule has 0 spiro atoms. The van der Waals surface area contributed by atoms with Crippen molar-refractivity contribution in [3.63, 3.8) is 0 Å². The first-order valence-corrected chi connectivity index (χ1v) is 13.7. The van der Waals surface area contributed by atoms with Crippen molar-refractivity contribution in [3.05, 3.63) is 69.3 Å². The van der Waals surface area contributed by atoms with Crippen LogP contribution in [0.3, 0.4) is 0 Å². The number of aromatic amines is 2. The summed E-state index contributed by atoms with van der Waals surface area (Å²) in [5, 5.41) is 0. The highest BCUT2D eigenvalue weighted by atomic mass is 16.5. The van der Waals surface area contributed by atoms with Gasteiger partial charge in [-0.1, -0.05) is 20.8 Å². The van der Waals surface area contributed by atoms with E-state index in [2.05, 4.69) is 75.8 Å². The van der Waals surface area contributed by atoms with Gasteiger partial charge >= 0.3 is 5.97 Å². The van der Waals surface area contributed by atoms with Gasteiger partial charge in [0.15, 0.2) is 0 Å². The molecule has 5 heterocycles. The van der Waals surface area contributed by atoms with Crippen LogP contribution in [0.4, 0.5) is 0 Å².